The molecule has 8 bridgehead atoms. The molecule has 4 N–H and O–H groups in total. The van der Waals surface area contributed by atoms with Crippen LogP contribution in [0, 0.1) is 21.7 Å². The lowest BCUT2D eigenvalue weighted by Crippen LogP contribution is -3.07. The second kappa shape index (κ2) is 10.0. The van der Waals surface area contributed by atoms with Crippen LogP contribution >= 0.6 is 0 Å². The monoisotopic (exact) mass is 616 g/mol. The first kappa shape index (κ1) is 28.7. The average molecular weight is 617 g/mol. The van der Waals surface area contributed by atoms with E-state index in [1.165, 1.54) is 0 Å². The predicted molar refractivity (Wildman–Crippen MR) is 171 cm³/mol. The molecule has 2 saturated carbocycles. The summed E-state index contributed by atoms with van der Waals surface area (Å²) in [7, 11) is 0. The lowest BCUT2D eigenvalue weighted by Gasteiger charge is -2.98. The third kappa shape index (κ3) is 3.03. The molecule has 0 unspecified atom stereocenters. The van der Waals surface area contributed by atoms with E-state index in [0.717, 1.165) is 22.3 Å². The minimum atomic E-state index is -0.695. The molecule has 0 radical (unpaired) electrons. The van der Waals surface area contributed by atoms with E-state index in [4.69, 9.17) is 0 Å². The van der Waals surface area contributed by atoms with Crippen LogP contribution in [0.3, 0.4) is 0 Å². The zero-order valence-electron chi connectivity index (χ0n) is 25.7. The van der Waals surface area contributed by atoms with Gasteiger partial charge in [-0.05, 0) is 34.4 Å². The molecule has 4 saturated heterocycles. The first-order valence-electron chi connectivity index (χ1n) is 16.4. The van der Waals surface area contributed by atoms with E-state index < -0.39 is 21.7 Å². The number of aliphatic hydroxyl groups is 4. The normalized spacial score (nSPS) is 40.0. The lowest BCUT2D eigenvalue weighted by molar-refractivity contribution is -0.493. The molecule has 10 rings (SSSR count). The zero-order chi connectivity index (χ0) is 31.3. The smallest absolute Gasteiger partial charge is 0.0524 e. The summed E-state index contributed by atoms with van der Waals surface area (Å²) in [6, 6.07) is 27.9. The van der Waals surface area contributed by atoms with Crippen LogP contribution < -0.4 is 0 Å². The van der Waals surface area contributed by atoms with Crippen LogP contribution in [0.25, 0.3) is 0 Å². The summed E-state index contributed by atoms with van der Waals surface area (Å²) in [5.74, 6) is -0.347. The molecule has 2 aromatic carbocycles. The van der Waals surface area contributed by atoms with Gasteiger partial charge < -0.3 is 20.4 Å². The van der Waals surface area contributed by atoms with Gasteiger partial charge in [0.2, 0.25) is 0 Å². The summed E-state index contributed by atoms with van der Waals surface area (Å²) < 4.78 is 0. The van der Waals surface area contributed by atoms with Crippen molar-refractivity contribution in [1.82, 2.24) is 19.8 Å². The topological polar surface area (TPSA) is 113 Å². The summed E-state index contributed by atoms with van der Waals surface area (Å²) in [4.78, 5) is 13.8. The van der Waals surface area contributed by atoms with Gasteiger partial charge in [0.1, 0.15) is 0 Å². The van der Waals surface area contributed by atoms with Crippen molar-refractivity contribution >= 4 is 0 Å². The number of rotatable bonds is 10. The highest BCUT2D eigenvalue weighted by Crippen LogP contribution is 2.91. The van der Waals surface area contributed by atoms with Gasteiger partial charge in [0.25, 0.3) is 0 Å². The minimum Gasteiger partial charge on any atom is -0.396 e. The van der Waals surface area contributed by atoms with E-state index in [-0.39, 0.29) is 62.4 Å². The number of aromatic nitrogens is 2. The fourth-order valence-electron chi connectivity index (χ4n) is 12.8. The Hall–Kier alpha value is -3.50. The lowest BCUT2D eigenvalue weighted by atomic mass is 9.16. The highest BCUT2D eigenvalue weighted by atomic mass is 16.3. The number of aliphatic hydroxyl groups excluding tert-OH is 4. The van der Waals surface area contributed by atoms with Gasteiger partial charge in [0.05, 0.1) is 26.4 Å². The maximum absolute atomic E-state index is 11.9. The number of benzene rings is 2. The number of nitrogens with zero attached hydrogens (tertiary/aromatic N) is 4. The fraction of sp³-hybridized carbons (Fsp3) is 0.421. The van der Waals surface area contributed by atoms with Crippen molar-refractivity contribution in [3.8, 4) is 0 Å². The molecule has 8 heteroatoms. The zero-order valence-corrected chi connectivity index (χ0v) is 25.7. The molecule has 46 heavy (non-hydrogen) atoms. The van der Waals surface area contributed by atoms with Gasteiger partial charge in [-0.25, -0.2) is 0 Å². The molecule has 0 atom stereocenters. The molecule has 4 aromatic rings. The third-order valence-corrected chi connectivity index (χ3v) is 13.1. The molecular weight excluding hydrogens is 576 g/mol. The van der Waals surface area contributed by atoms with Gasteiger partial charge >= 0.3 is 0 Å². The number of piperidine rings is 4. The Balaban J connectivity index is 1.36. The van der Waals surface area contributed by atoms with Gasteiger partial charge in [-0.2, -0.15) is 0 Å². The molecule has 6 aliphatic rings. The largest absolute Gasteiger partial charge is 0.396 e. The van der Waals surface area contributed by atoms with Crippen LogP contribution in [0.4, 0.5) is 0 Å². The molecule has 6 fully saturated rings. The van der Waals surface area contributed by atoms with E-state index in [9.17, 15) is 20.4 Å². The van der Waals surface area contributed by atoms with Crippen LogP contribution in [-0.4, -0.2) is 90.8 Å². The average Bonchev–Trinajstić information content (AvgIpc) is 3.09. The van der Waals surface area contributed by atoms with Crippen LogP contribution in [0.1, 0.15) is 34.1 Å². The third-order valence-electron chi connectivity index (χ3n) is 13.1. The van der Waals surface area contributed by atoms with Gasteiger partial charge in [-0.3, -0.25) is 19.8 Å². The highest BCUT2D eigenvalue weighted by molar-refractivity contribution is 5.57. The number of hydrogen-bond donors (Lipinski definition) is 4. The van der Waals surface area contributed by atoms with Crippen molar-refractivity contribution < 1.29 is 20.4 Å². The van der Waals surface area contributed by atoms with Crippen molar-refractivity contribution in [2.45, 2.75) is 49.1 Å². The van der Waals surface area contributed by atoms with Crippen LogP contribution in [-0.2, 0) is 13.1 Å². The van der Waals surface area contributed by atoms with Crippen molar-refractivity contribution in [3.05, 3.63) is 132 Å². The summed E-state index contributed by atoms with van der Waals surface area (Å²) in [5.41, 5.74) is 1.51. The van der Waals surface area contributed by atoms with E-state index >= 15 is 0 Å². The van der Waals surface area contributed by atoms with E-state index in [1.807, 2.05) is 60.9 Å². The molecule has 8 nitrogen and oxygen atoms in total. The van der Waals surface area contributed by atoms with Crippen molar-refractivity contribution in [3.63, 3.8) is 0 Å². The second-order valence-corrected chi connectivity index (χ2v) is 14.4. The molecule has 236 valence electrons. The maximum atomic E-state index is 11.9. The van der Waals surface area contributed by atoms with Gasteiger partial charge in [-0.1, -0.05) is 72.8 Å². The molecule has 0 amide bonds. The van der Waals surface area contributed by atoms with E-state index in [1.54, 1.807) is 12.4 Å². The van der Waals surface area contributed by atoms with Crippen molar-refractivity contribution in [2.75, 3.05) is 26.4 Å². The summed E-state index contributed by atoms with van der Waals surface area (Å²) in [5, 5.41) is 47.7. The minimum absolute atomic E-state index is 0.0917. The molecular formula is C38H40N4O4. The summed E-state index contributed by atoms with van der Waals surface area (Å²) >= 11 is 0. The summed E-state index contributed by atoms with van der Waals surface area (Å²) in [6.07, 6.45) is 7.31. The Morgan fingerprint density at radius 2 is 0.826 bits per heavy atom. The van der Waals surface area contributed by atoms with Crippen molar-refractivity contribution in [2.24, 2.45) is 21.7 Å². The quantitative estimate of drug-likeness (QED) is 0.215. The molecule has 4 aliphatic heterocycles. The van der Waals surface area contributed by atoms with Crippen molar-refractivity contribution in [1.29, 1.82) is 0 Å². The highest BCUT2D eigenvalue weighted by Gasteiger charge is 2.99. The predicted octanol–water partition coefficient (Wildman–Crippen LogP) is 2.81. The SMILES string of the molecule is OCC12C(c3ccccc3)C3(CO)C4N(Cc5cccnc5)C1C1(CO)C(c5ccccc5)C4(CO)C3N(Cc3cccnc3)C21. The first-order chi connectivity index (χ1) is 22.6. The first-order valence-corrected chi connectivity index (χ1v) is 16.4. The summed E-state index contributed by atoms with van der Waals surface area (Å²) in [6.45, 7) is 0.747. The van der Waals surface area contributed by atoms with E-state index in [2.05, 4.69) is 56.2 Å². The number of pyridine rings is 2. The standard InChI is InChI=1S/C38H40N4O4/c43-21-35-29(27-11-3-1-4-12-27)36(22-44)32-38(24-46)30(28-13-5-2-6-14-28)37(23-45,31(35)41(32)19-25-9-7-15-39-17-25)33(35)42(34(36)38)20-26-10-8-16-40-18-26/h1-18,29-34,43-46H,19-24H2. The second-order valence-electron chi connectivity index (χ2n) is 14.4. The van der Waals surface area contributed by atoms with Gasteiger partial charge in [0.15, 0.2) is 0 Å². The molecule has 6 heterocycles. The van der Waals surface area contributed by atoms with Crippen LogP contribution in [0.15, 0.2) is 110 Å². The fourth-order valence-corrected chi connectivity index (χ4v) is 12.8. The number of hydrogen-bond acceptors (Lipinski definition) is 8. The molecule has 2 aliphatic carbocycles. The Bertz CT molecular complexity index is 1530. The van der Waals surface area contributed by atoms with Crippen LogP contribution in [0.5, 0.6) is 0 Å². The molecule has 0 spiro atoms. The van der Waals surface area contributed by atoms with E-state index in [0.29, 0.717) is 13.1 Å². The Kier molecular flexibility index (Phi) is 6.24. The Morgan fingerprint density at radius 3 is 1.11 bits per heavy atom. The van der Waals surface area contributed by atoms with Gasteiger partial charge in [0, 0.05) is 95.5 Å². The maximum Gasteiger partial charge on any atom is 0.0524 e. The van der Waals surface area contributed by atoms with Gasteiger partial charge in [-0.15, -0.1) is 0 Å². The van der Waals surface area contributed by atoms with Crippen LogP contribution in [0.2, 0.25) is 0 Å². The Labute approximate surface area is 269 Å². The molecule has 2 aromatic heterocycles. The Morgan fingerprint density at radius 1 is 0.478 bits per heavy atom.